The summed E-state index contributed by atoms with van der Waals surface area (Å²) in [6, 6.07) is 3.88. The lowest BCUT2D eigenvalue weighted by atomic mass is 10.0. The zero-order valence-electron chi connectivity index (χ0n) is 15.3. The molecule has 4 aromatic rings. The SMILES string of the molecule is CCc1n[nH]c2c1CN(c1nc(-c3cccnc3)nc3c1cnn3C)CC2. The summed E-state index contributed by atoms with van der Waals surface area (Å²) in [6.45, 7) is 3.81. The summed E-state index contributed by atoms with van der Waals surface area (Å²) < 4.78 is 1.80. The van der Waals surface area contributed by atoms with Crippen molar-refractivity contribution in [1.82, 2.24) is 34.9 Å². The number of nitrogens with one attached hydrogen (secondary N) is 1. The maximum Gasteiger partial charge on any atom is 0.165 e. The number of aromatic nitrogens is 7. The number of rotatable bonds is 3. The zero-order valence-corrected chi connectivity index (χ0v) is 15.3. The predicted octanol–water partition coefficient (Wildman–Crippen LogP) is 2.27. The fraction of sp³-hybridized carbons (Fsp3) is 0.316. The van der Waals surface area contributed by atoms with E-state index in [2.05, 4.69) is 32.1 Å². The molecular weight excluding hydrogens is 340 g/mol. The third kappa shape index (κ3) is 2.56. The highest BCUT2D eigenvalue weighted by atomic mass is 15.3. The van der Waals surface area contributed by atoms with Crippen molar-refractivity contribution in [1.29, 1.82) is 0 Å². The molecule has 0 atom stereocenters. The molecule has 5 heterocycles. The lowest BCUT2D eigenvalue weighted by Gasteiger charge is -2.28. The van der Waals surface area contributed by atoms with Crippen LogP contribution in [-0.2, 0) is 26.4 Å². The van der Waals surface area contributed by atoms with Crippen molar-refractivity contribution in [3.63, 3.8) is 0 Å². The van der Waals surface area contributed by atoms with Gasteiger partial charge in [0.15, 0.2) is 11.5 Å². The van der Waals surface area contributed by atoms with Gasteiger partial charge in [-0.2, -0.15) is 10.2 Å². The van der Waals surface area contributed by atoms with Crippen LogP contribution >= 0.6 is 0 Å². The predicted molar refractivity (Wildman–Crippen MR) is 102 cm³/mol. The van der Waals surface area contributed by atoms with E-state index in [1.165, 1.54) is 11.3 Å². The van der Waals surface area contributed by atoms with Gasteiger partial charge in [0.05, 0.1) is 17.3 Å². The Bertz CT molecular complexity index is 1100. The average Bonchev–Trinajstić information content (AvgIpc) is 3.31. The van der Waals surface area contributed by atoms with E-state index in [-0.39, 0.29) is 0 Å². The number of nitrogens with zero attached hydrogens (tertiary/aromatic N) is 7. The van der Waals surface area contributed by atoms with Crippen molar-refractivity contribution >= 4 is 16.9 Å². The van der Waals surface area contributed by atoms with E-state index in [0.29, 0.717) is 5.82 Å². The van der Waals surface area contributed by atoms with Gasteiger partial charge in [0, 0.05) is 55.8 Å². The number of pyridine rings is 1. The van der Waals surface area contributed by atoms with Crippen LogP contribution in [0.2, 0.25) is 0 Å². The molecular formula is C19H20N8. The van der Waals surface area contributed by atoms with E-state index >= 15 is 0 Å². The number of aryl methyl sites for hydroxylation is 2. The van der Waals surface area contributed by atoms with Gasteiger partial charge in [0.1, 0.15) is 5.82 Å². The van der Waals surface area contributed by atoms with Crippen LogP contribution in [0.1, 0.15) is 23.9 Å². The van der Waals surface area contributed by atoms with Crippen LogP contribution in [0.25, 0.3) is 22.4 Å². The molecule has 1 aliphatic rings. The minimum absolute atomic E-state index is 0.669. The first-order chi connectivity index (χ1) is 13.2. The third-order valence-electron chi connectivity index (χ3n) is 5.15. The van der Waals surface area contributed by atoms with E-state index in [4.69, 9.17) is 9.97 Å². The normalized spacial score (nSPS) is 13.9. The first-order valence-electron chi connectivity index (χ1n) is 9.14. The molecule has 8 nitrogen and oxygen atoms in total. The van der Waals surface area contributed by atoms with Gasteiger partial charge < -0.3 is 4.90 Å². The number of aromatic amines is 1. The van der Waals surface area contributed by atoms with E-state index in [0.717, 1.165) is 54.0 Å². The zero-order chi connectivity index (χ0) is 18.4. The van der Waals surface area contributed by atoms with Crippen LogP contribution in [0.3, 0.4) is 0 Å². The number of hydrogen-bond acceptors (Lipinski definition) is 6. The molecule has 0 saturated heterocycles. The number of hydrogen-bond donors (Lipinski definition) is 1. The van der Waals surface area contributed by atoms with Gasteiger partial charge in [0.25, 0.3) is 0 Å². The summed E-state index contributed by atoms with van der Waals surface area (Å²) in [5, 5.41) is 13.0. The van der Waals surface area contributed by atoms with E-state index < -0.39 is 0 Å². The Labute approximate surface area is 156 Å². The summed E-state index contributed by atoms with van der Waals surface area (Å²) in [6.07, 6.45) is 7.25. The summed E-state index contributed by atoms with van der Waals surface area (Å²) in [5.41, 5.74) is 5.40. The molecule has 0 fully saturated rings. The molecule has 0 saturated carbocycles. The largest absolute Gasteiger partial charge is 0.351 e. The van der Waals surface area contributed by atoms with Gasteiger partial charge in [-0.1, -0.05) is 6.92 Å². The van der Waals surface area contributed by atoms with E-state index in [9.17, 15) is 0 Å². The highest BCUT2D eigenvalue weighted by molar-refractivity contribution is 5.88. The lowest BCUT2D eigenvalue weighted by molar-refractivity contribution is 0.710. The van der Waals surface area contributed by atoms with Gasteiger partial charge in [0.2, 0.25) is 0 Å². The molecule has 5 rings (SSSR count). The number of fused-ring (bicyclic) bond motifs is 2. The second kappa shape index (κ2) is 6.15. The highest BCUT2D eigenvalue weighted by Crippen LogP contribution is 2.31. The molecule has 0 amide bonds. The van der Waals surface area contributed by atoms with Crippen molar-refractivity contribution in [2.45, 2.75) is 26.3 Å². The topological polar surface area (TPSA) is 88.4 Å². The molecule has 4 aromatic heterocycles. The van der Waals surface area contributed by atoms with Crippen molar-refractivity contribution in [2.24, 2.45) is 7.05 Å². The Kier molecular flexibility index (Phi) is 3.63. The monoisotopic (exact) mass is 360 g/mol. The second-order valence-corrected chi connectivity index (χ2v) is 6.77. The Morgan fingerprint density at radius 1 is 1.22 bits per heavy atom. The van der Waals surface area contributed by atoms with Gasteiger partial charge >= 0.3 is 0 Å². The fourth-order valence-electron chi connectivity index (χ4n) is 3.70. The molecule has 8 heteroatoms. The maximum absolute atomic E-state index is 4.91. The lowest BCUT2D eigenvalue weighted by Crippen LogP contribution is -2.31. The average molecular weight is 360 g/mol. The quantitative estimate of drug-likeness (QED) is 0.603. The smallest absolute Gasteiger partial charge is 0.165 e. The summed E-state index contributed by atoms with van der Waals surface area (Å²) in [5.74, 6) is 1.59. The molecule has 0 bridgehead atoms. The van der Waals surface area contributed by atoms with Crippen LogP contribution < -0.4 is 4.90 Å². The van der Waals surface area contributed by atoms with Crippen LogP contribution in [-0.4, -0.2) is 41.5 Å². The van der Waals surface area contributed by atoms with Crippen LogP contribution in [0.15, 0.2) is 30.7 Å². The standard InChI is InChI=1S/C19H20N8/c1-3-15-14-11-27(8-6-16(14)25-24-15)19-13-10-21-26(2)18(13)22-17(23-19)12-5-4-7-20-9-12/h4-5,7,9-10H,3,6,8,11H2,1-2H3,(H,24,25). The molecule has 0 unspecified atom stereocenters. The number of H-pyrrole nitrogens is 1. The molecule has 27 heavy (non-hydrogen) atoms. The molecule has 0 radical (unpaired) electrons. The highest BCUT2D eigenvalue weighted by Gasteiger charge is 2.25. The Balaban J connectivity index is 1.64. The van der Waals surface area contributed by atoms with Crippen molar-refractivity contribution in [3.8, 4) is 11.4 Å². The molecule has 0 aliphatic carbocycles. The second-order valence-electron chi connectivity index (χ2n) is 6.77. The summed E-state index contributed by atoms with van der Waals surface area (Å²) in [4.78, 5) is 16.2. The molecule has 136 valence electrons. The van der Waals surface area contributed by atoms with Crippen LogP contribution in [0, 0.1) is 0 Å². The molecule has 1 N–H and O–H groups in total. The van der Waals surface area contributed by atoms with Crippen molar-refractivity contribution < 1.29 is 0 Å². The first kappa shape index (κ1) is 15.9. The van der Waals surface area contributed by atoms with Crippen LogP contribution in [0.5, 0.6) is 0 Å². The number of anilines is 1. The van der Waals surface area contributed by atoms with Crippen molar-refractivity contribution in [2.75, 3.05) is 11.4 Å². The van der Waals surface area contributed by atoms with Crippen LogP contribution in [0.4, 0.5) is 5.82 Å². The third-order valence-corrected chi connectivity index (χ3v) is 5.15. The minimum atomic E-state index is 0.669. The van der Waals surface area contributed by atoms with E-state index in [1.807, 2.05) is 25.4 Å². The van der Waals surface area contributed by atoms with Crippen molar-refractivity contribution in [3.05, 3.63) is 47.7 Å². The Hall–Kier alpha value is -3.29. The van der Waals surface area contributed by atoms with Gasteiger partial charge in [-0.3, -0.25) is 14.8 Å². The Morgan fingerprint density at radius 2 is 2.15 bits per heavy atom. The molecule has 1 aliphatic heterocycles. The Morgan fingerprint density at radius 3 is 2.96 bits per heavy atom. The first-order valence-corrected chi connectivity index (χ1v) is 9.14. The van der Waals surface area contributed by atoms with Gasteiger partial charge in [-0.05, 0) is 18.6 Å². The van der Waals surface area contributed by atoms with E-state index in [1.54, 1.807) is 17.1 Å². The van der Waals surface area contributed by atoms with Gasteiger partial charge in [-0.25, -0.2) is 9.97 Å². The fourth-order valence-corrected chi connectivity index (χ4v) is 3.70. The summed E-state index contributed by atoms with van der Waals surface area (Å²) >= 11 is 0. The van der Waals surface area contributed by atoms with Gasteiger partial charge in [-0.15, -0.1) is 0 Å². The molecule has 0 aromatic carbocycles. The maximum atomic E-state index is 4.91. The molecule has 0 spiro atoms. The minimum Gasteiger partial charge on any atom is -0.351 e. The summed E-state index contributed by atoms with van der Waals surface area (Å²) in [7, 11) is 1.91.